The number of rotatable bonds is 16. The van der Waals surface area contributed by atoms with Crippen molar-refractivity contribution in [2.24, 2.45) is 0 Å². The third-order valence-electron chi connectivity index (χ3n) is 26.1. The van der Waals surface area contributed by atoms with Crippen molar-refractivity contribution in [1.82, 2.24) is 29.1 Å². The first kappa shape index (κ1) is 92.2. The fourth-order valence-corrected chi connectivity index (χ4v) is 18.7. The smallest absolute Gasteiger partial charge is 0.148 e. The van der Waals surface area contributed by atoms with Gasteiger partial charge in [0.05, 0.1) is 44.6 Å². The van der Waals surface area contributed by atoms with E-state index in [4.69, 9.17) is 21.3 Å². The van der Waals surface area contributed by atoms with Crippen LogP contribution in [-0.2, 0) is 69.2 Å². The number of aryl methyl sites for hydroxylation is 3. The summed E-state index contributed by atoms with van der Waals surface area (Å²) >= 11 is 0. The maximum Gasteiger partial charge on any atom is 0.148 e. The SMILES string of the molecule is [2H]C(C)(C)c1ccc(-n2c(-c3cc(C)cc(C(C)(C)C)c3O)nc3c(-c4[c-]c(-c5cc(-c6ccc(-c7ccccc7)cc6)ccn5)cc(C(C)(C)C)c4)cccc32)c(-c2ccccc2)c1.[2H]C([2H])([2H])c1cc(-c2c(-c3ccccc3)cccc2C(C)(C)C)ccc1-n1c(-c2cc(C)cc(C(C)(C)C)c2O)nc2c(-c3[c-]c(-c4cc(-c5ccc(-c6ccccc6)cc5)ccn4)cc(C(C)(C)C)c3)cccc21.[Pt].[Pt]. The molecule has 0 fully saturated rings. The van der Waals surface area contributed by atoms with Gasteiger partial charge in [0.25, 0.3) is 0 Å². The molecule has 15 aromatic carbocycles. The van der Waals surface area contributed by atoms with E-state index < -0.39 is 18.2 Å². The van der Waals surface area contributed by atoms with Gasteiger partial charge in [-0.2, -0.15) is 0 Å². The largest absolute Gasteiger partial charge is 0.507 e. The monoisotopic (exact) mass is 2170 g/mol. The molecule has 0 radical (unpaired) electrons. The van der Waals surface area contributed by atoms with Gasteiger partial charge >= 0.3 is 0 Å². The Bertz CT molecular complexity index is 7900. The zero-order chi connectivity index (χ0) is 99.0. The van der Waals surface area contributed by atoms with Crippen LogP contribution in [0.2, 0.25) is 0 Å². The number of hydrogen-bond donors (Lipinski definition) is 2. The number of fused-ring (bicyclic) bond motifs is 2. The molecule has 8 nitrogen and oxygen atoms in total. The third-order valence-corrected chi connectivity index (χ3v) is 26.1. The predicted molar refractivity (Wildman–Crippen MR) is 571 cm³/mol. The van der Waals surface area contributed by atoms with Crippen LogP contribution in [-0.4, -0.2) is 39.3 Å². The van der Waals surface area contributed by atoms with Crippen molar-refractivity contribution in [2.45, 2.75) is 171 Å². The molecule has 0 saturated carbocycles. The van der Waals surface area contributed by atoms with E-state index in [-0.39, 0.29) is 80.9 Å². The number of para-hydroxylation sites is 2. The van der Waals surface area contributed by atoms with E-state index in [1.807, 2.05) is 141 Å². The third kappa shape index (κ3) is 20.0. The zero-order valence-electron chi connectivity index (χ0n) is 86.1. The molecule has 0 spiro atoms. The maximum atomic E-state index is 12.4. The van der Waals surface area contributed by atoms with Crippen LogP contribution in [0.25, 0.3) is 179 Å². The molecule has 0 atom stereocenters. The molecule has 4 heterocycles. The minimum atomic E-state index is -2.55. The standard InChI is InChI=1S/C68H64N3O.C60H56N3O.2Pt/c1-43-36-56(64(72)58(37-43)68(9,10)11)65-70-63-55(51-39-52(41-53(40-51)66(3,4)5)59-42-49(34-35-69-59)47-30-28-46(29-31-47)45-20-14-12-15-21-45)25-19-27-61(63)71(65)60-33-32-50(38-44(60)2)62-54(48-22-16-13-17-23-48)24-18-26-57(62)67(6,7)8;1-38(2)44-27-28-54(50(36-44)43-19-14-11-15-20-43)63-55-22-16-21-49(56(55)62-58(63)51-31-39(3)32-52(57(51)64)60(7,8)9)46-33-47(35-48(34-46)59(4,5)6)53-37-45(29-30-61-53)42-25-23-41(24-26-42)40-17-12-10-13-18-40;;/h12-38,40-42,72H,1-11H3;10-32,34-38,64H,1-9H3;;/q2*-1;;/i2D3;38D;;. The molecule has 696 valence electrons. The summed E-state index contributed by atoms with van der Waals surface area (Å²) in [6.45, 7) is 37.9. The average Bonchev–Trinajstić information content (AvgIpc) is 1.56. The van der Waals surface area contributed by atoms with Crippen LogP contribution in [0.15, 0.2) is 346 Å². The Morgan fingerprint density at radius 3 is 1.08 bits per heavy atom. The van der Waals surface area contributed by atoms with Crippen LogP contribution >= 0.6 is 0 Å². The molecule has 0 aliphatic rings. The van der Waals surface area contributed by atoms with Gasteiger partial charge < -0.3 is 10.2 Å². The van der Waals surface area contributed by atoms with E-state index in [9.17, 15) is 14.3 Å². The Balaban J connectivity index is 0.000000203. The minimum Gasteiger partial charge on any atom is -0.507 e. The Hall–Kier alpha value is -13.5. The molecular formula is C128H120N6O2Pt2-2. The summed E-state index contributed by atoms with van der Waals surface area (Å²) in [4.78, 5) is 21.0. The molecule has 0 amide bonds. The zero-order valence-corrected chi connectivity index (χ0v) is 86.7. The van der Waals surface area contributed by atoms with Gasteiger partial charge in [-0.15, -0.1) is 58.7 Å². The fraction of sp³-hybridized carbons (Fsp3) is 0.203. The Labute approximate surface area is 850 Å². The second-order valence-electron chi connectivity index (χ2n) is 41.6. The number of phenols is 2. The van der Waals surface area contributed by atoms with Gasteiger partial charge in [0.1, 0.15) is 23.1 Å². The number of aromatic hydroxyl groups is 2. The second-order valence-corrected chi connectivity index (χ2v) is 41.6. The van der Waals surface area contributed by atoms with E-state index in [0.717, 1.165) is 167 Å². The molecule has 0 saturated heterocycles. The topological polar surface area (TPSA) is 102 Å². The van der Waals surface area contributed by atoms with Crippen LogP contribution in [0.5, 0.6) is 11.5 Å². The van der Waals surface area contributed by atoms with E-state index in [2.05, 4.69) is 358 Å². The number of phenolic OH excluding ortho intramolecular Hbond substituents is 2. The quantitative estimate of drug-likeness (QED) is 0.0935. The van der Waals surface area contributed by atoms with Crippen molar-refractivity contribution in [3.05, 3.63) is 408 Å². The van der Waals surface area contributed by atoms with Crippen LogP contribution in [0, 0.1) is 32.8 Å². The van der Waals surface area contributed by atoms with Crippen molar-refractivity contribution in [3.8, 4) is 168 Å². The number of benzene rings is 15. The van der Waals surface area contributed by atoms with Gasteiger partial charge in [-0.3, -0.25) is 19.1 Å². The van der Waals surface area contributed by atoms with Crippen molar-refractivity contribution in [3.63, 3.8) is 0 Å². The first-order valence-electron chi connectivity index (χ1n) is 49.2. The van der Waals surface area contributed by atoms with Gasteiger partial charge in [-0.1, -0.05) is 389 Å². The molecule has 0 aliphatic heterocycles. The molecule has 138 heavy (non-hydrogen) atoms. The number of aromatic nitrogens is 6. The molecule has 4 aromatic heterocycles. The predicted octanol–water partition coefficient (Wildman–Crippen LogP) is 34.1. The van der Waals surface area contributed by atoms with Crippen molar-refractivity contribution < 1.29 is 57.8 Å². The van der Waals surface area contributed by atoms with Gasteiger partial charge in [0.15, 0.2) is 0 Å². The van der Waals surface area contributed by atoms with Crippen LogP contribution < -0.4 is 0 Å². The average molecular weight is 2170 g/mol. The molecule has 0 aliphatic carbocycles. The molecule has 10 heteroatoms. The summed E-state index contributed by atoms with van der Waals surface area (Å²) in [6, 6.07) is 123. The van der Waals surface area contributed by atoms with E-state index in [1.165, 1.54) is 16.7 Å². The van der Waals surface area contributed by atoms with E-state index >= 15 is 0 Å². The normalized spacial score (nSPS) is 12.5. The molecule has 0 unspecified atom stereocenters. The number of nitrogens with zero attached hydrogens (tertiary/aromatic N) is 6. The summed E-state index contributed by atoms with van der Waals surface area (Å²) < 4.78 is 41.0. The van der Waals surface area contributed by atoms with Crippen molar-refractivity contribution in [2.75, 3.05) is 0 Å². The minimum absolute atomic E-state index is 0. The van der Waals surface area contributed by atoms with E-state index in [0.29, 0.717) is 39.5 Å². The number of hydrogen-bond acceptors (Lipinski definition) is 6. The van der Waals surface area contributed by atoms with E-state index in [1.54, 1.807) is 0 Å². The molecule has 19 rings (SSSR count). The molecule has 0 bridgehead atoms. The van der Waals surface area contributed by atoms with Gasteiger partial charge in [-0.05, 0) is 214 Å². The summed E-state index contributed by atoms with van der Waals surface area (Å²) in [5, 5.41) is 24.7. The Morgan fingerprint density at radius 2 is 0.674 bits per heavy atom. The van der Waals surface area contributed by atoms with Gasteiger partial charge in [0, 0.05) is 88.1 Å². The van der Waals surface area contributed by atoms with Crippen molar-refractivity contribution >= 4 is 22.1 Å². The molecule has 19 aromatic rings. The first-order valence-corrected chi connectivity index (χ1v) is 47.2. The van der Waals surface area contributed by atoms with Crippen LogP contribution in [0.1, 0.15) is 179 Å². The second kappa shape index (κ2) is 39.2. The molecular weight excluding hydrogens is 2040 g/mol. The summed E-state index contributed by atoms with van der Waals surface area (Å²) in [6.07, 6.45) is 3.75. The maximum absolute atomic E-state index is 12.4. The summed E-state index contributed by atoms with van der Waals surface area (Å²) in [5.41, 5.74) is 33.9. The van der Waals surface area contributed by atoms with Gasteiger partial charge in [-0.25, -0.2) is 9.97 Å². The first-order chi connectivity index (χ1) is 66.5. The van der Waals surface area contributed by atoms with Crippen LogP contribution in [0.4, 0.5) is 0 Å². The summed E-state index contributed by atoms with van der Waals surface area (Å²) in [5.74, 6) is 0.569. The number of imidazole rings is 2. The Morgan fingerprint density at radius 1 is 0.312 bits per heavy atom. The Kier molecular flexibility index (Phi) is 26.2. The summed E-state index contributed by atoms with van der Waals surface area (Å²) in [7, 11) is 0. The fourth-order valence-electron chi connectivity index (χ4n) is 18.7. The van der Waals surface area contributed by atoms with Gasteiger partial charge in [0.2, 0.25) is 0 Å². The molecule has 2 N–H and O–H groups in total. The number of pyridine rings is 2. The van der Waals surface area contributed by atoms with Crippen LogP contribution in [0.3, 0.4) is 0 Å². The van der Waals surface area contributed by atoms with Crippen molar-refractivity contribution in [1.29, 1.82) is 0 Å².